The number of hydrogen-bond acceptors (Lipinski definition) is 3. The number of benzene rings is 1. The predicted octanol–water partition coefficient (Wildman–Crippen LogP) is 2.91. The lowest BCUT2D eigenvalue weighted by atomic mass is 10.2. The van der Waals surface area contributed by atoms with Gasteiger partial charge in [-0.1, -0.05) is 44.8 Å². The third-order valence-corrected chi connectivity index (χ3v) is 2.15. The highest BCUT2D eigenvalue weighted by atomic mass is 79.9. The SMILES string of the molecule is CC(=O)ON=C(Cl)c1ccc(Br)cc1. The molecule has 0 saturated carbocycles. The number of nitrogens with zero attached hydrogens (tertiary/aromatic N) is 1. The van der Waals surface area contributed by atoms with Crippen molar-refractivity contribution >= 4 is 38.7 Å². The maximum absolute atomic E-state index is 10.4. The average Bonchev–Trinajstić information content (AvgIpc) is 2.15. The van der Waals surface area contributed by atoms with Crippen molar-refractivity contribution in [2.45, 2.75) is 6.92 Å². The predicted molar refractivity (Wildman–Crippen MR) is 58.3 cm³/mol. The molecule has 1 aromatic carbocycles. The fourth-order valence-electron chi connectivity index (χ4n) is 0.744. The molecule has 74 valence electrons. The summed E-state index contributed by atoms with van der Waals surface area (Å²) in [5.74, 6) is -0.500. The van der Waals surface area contributed by atoms with E-state index in [0.717, 1.165) is 4.47 Å². The lowest BCUT2D eigenvalue weighted by Gasteiger charge is -1.97. The zero-order valence-corrected chi connectivity index (χ0v) is 9.67. The molecule has 0 unspecified atom stereocenters. The highest BCUT2D eigenvalue weighted by Gasteiger charge is 2.00. The number of rotatable bonds is 2. The maximum Gasteiger partial charge on any atom is 0.332 e. The van der Waals surface area contributed by atoms with Crippen molar-refractivity contribution in [2.24, 2.45) is 5.16 Å². The van der Waals surface area contributed by atoms with Crippen LogP contribution >= 0.6 is 27.5 Å². The number of oxime groups is 1. The van der Waals surface area contributed by atoms with E-state index in [9.17, 15) is 4.79 Å². The molecule has 1 rings (SSSR count). The van der Waals surface area contributed by atoms with Gasteiger partial charge in [0.25, 0.3) is 0 Å². The van der Waals surface area contributed by atoms with Gasteiger partial charge < -0.3 is 4.84 Å². The minimum Gasteiger partial charge on any atom is -0.317 e. The van der Waals surface area contributed by atoms with Crippen molar-refractivity contribution in [3.63, 3.8) is 0 Å². The summed E-state index contributed by atoms with van der Waals surface area (Å²) < 4.78 is 0.943. The van der Waals surface area contributed by atoms with Crippen LogP contribution in [-0.2, 0) is 9.63 Å². The molecule has 0 aliphatic carbocycles. The van der Waals surface area contributed by atoms with Crippen molar-refractivity contribution in [1.29, 1.82) is 0 Å². The lowest BCUT2D eigenvalue weighted by molar-refractivity contribution is -0.140. The van der Waals surface area contributed by atoms with E-state index in [0.29, 0.717) is 5.56 Å². The third kappa shape index (κ3) is 3.47. The smallest absolute Gasteiger partial charge is 0.317 e. The first-order valence-electron chi connectivity index (χ1n) is 3.76. The van der Waals surface area contributed by atoms with Crippen LogP contribution in [0, 0.1) is 0 Å². The van der Waals surface area contributed by atoms with Gasteiger partial charge >= 0.3 is 5.97 Å². The molecule has 0 heterocycles. The second kappa shape index (κ2) is 5.12. The summed E-state index contributed by atoms with van der Waals surface area (Å²) in [6, 6.07) is 7.17. The van der Waals surface area contributed by atoms with Crippen LogP contribution in [0.5, 0.6) is 0 Å². The molecular weight excluding hydrogens is 269 g/mol. The zero-order chi connectivity index (χ0) is 10.6. The Hall–Kier alpha value is -0.870. The molecule has 14 heavy (non-hydrogen) atoms. The highest BCUT2D eigenvalue weighted by molar-refractivity contribution is 9.10. The van der Waals surface area contributed by atoms with E-state index in [1.54, 1.807) is 12.1 Å². The molecule has 0 atom stereocenters. The Morgan fingerprint density at radius 1 is 1.43 bits per heavy atom. The van der Waals surface area contributed by atoms with Gasteiger partial charge in [-0.3, -0.25) is 0 Å². The number of carbonyl (C=O) groups excluding carboxylic acids is 1. The Bertz CT molecular complexity index is 362. The molecule has 3 nitrogen and oxygen atoms in total. The van der Waals surface area contributed by atoms with Crippen molar-refractivity contribution in [1.82, 2.24) is 0 Å². The van der Waals surface area contributed by atoms with Gasteiger partial charge in [-0.2, -0.15) is 0 Å². The third-order valence-electron chi connectivity index (χ3n) is 1.34. The van der Waals surface area contributed by atoms with E-state index in [4.69, 9.17) is 11.6 Å². The van der Waals surface area contributed by atoms with E-state index < -0.39 is 5.97 Å². The zero-order valence-electron chi connectivity index (χ0n) is 7.33. The van der Waals surface area contributed by atoms with Crippen LogP contribution in [0.15, 0.2) is 33.9 Å². The van der Waals surface area contributed by atoms with Crippen molar-refractivity contribution in [3.05, 3.63) is 34.3 Å². The first-order valence-corrected chi connectivity index (χ1v) is 4.93. The van der Waals surface area contributed by atoms with Gasteiger partial charge in [0.2, 0.25) is 0 Å². The van der Waals surface area contributed by atoms with Crippen LogP contribution < -0.4 is 0 Å². The van der Waals surface area contributed by atoms with E-state index in [1.807, 2.05) is 12.1 Å². The maximum atomic E-state index is 10.4. The normalized spacial score (nSPS) is 11.2. The Balaban J connectivity index is 2.78. The summed E-state index contributed by atoms with van der Waals surface area (Å²) in [5.41, 5.74) is 0.691. The molecule has 0 aliphatic heterocycles. The second-order valence-electron chi connectivity index (χ2n) is 2.47. The minimum atomic E-state index is -0.500. The van der Waals surface area contributed by atoms with Gasteiger partial charge in [-0.25, -0.2) is 4.79 Å². The summed E-state index contributed by atoms with van der Waals surface area (Å²) in [6.07, 6.45) is 0. The van der Waals surface area contributed by atoms with Gasteiger partial charge in [0.1, 0.15) is 0 Å². The number of carbonyl (C=O) groups is 1. The number of hydrogen-bond donors (Lipinski definition) is 0. The molecule has 0 N–H and O–H groups in total. The van der Waals surface area contributed by atoms with Gasteiger partial charge in [0, 0.05) is 17.0 Å². The van der Waals surface area contributed by atoms with Gasteiger partial charge in [-0.05, 0) is 12.1 Å². The molecule has 0 saturated heterocycles. The summed E-state index contributed by atoms with van der Waals surface area (Å²) in [7, 11) is 0. The molecule has 0 amide bonds. The Morgan fingerprint density at radius 2 is 2.00 bits per heavy atom. The molecular formula is C9H7BrClNO2. The highest BCUT2D eigenvalue weighted by Crippen LogP contribution is 2.12. The molecule has 0 aliphatic rings. The summed E-state index contributed by atoms with van der Waals surface area (Å²) in [6.45, 7) is 1.26. The van der Waals surface area contributed by atoms with Crippen LogP contribution in [-0.4, -0.2) is 11.1 Å². The molecule has 0 radical (unpaired) electrons. The van der Waals surface area contributed by atoms with Gasteiger partial charge in [0.05, 0.1) is 0 Å². The minimum absolute atomic E-state index is 0.146. The van der Waals surface area contributed by atoms with E-state index in [1.165, 1.54) is 6.92 Å². The largest absolute Gasteiger partial charge is 0.332 e. The molecule has 0 bridgehead atoms. The van der Waals surface area contributed by atoms with Crippen molar-refractivity contribution < 1.29 is 9.63 Å². The quantitative estimate of drug-likeness (QED) is 0.473. The van der Waals surface area contributed by atoms with Crippen LogP contribution in [0.1, 0.15) is 12.5 Å². The van der Waals surface area contributed by atoms with Crippen LogP contribution in [0.4, 0.5) is 0 Å². The fraction of sp³-hybridized carbons (Fsp3) is 0.111. The van der Waals surface area contributed by atoms with Gasteiger partial charge in [0.15, 0.2) is 5.17 Å². The van der Waals surface area contributed by atoms with Crippen LogP contribution in [0.3, 0.4) is 0 Å². The summed E-state index contributed by atoms with van der Waals surface area (Å²) >= 11 is 9.05. The molecule has 0 fully saturated rings. The van der Waals surface area contributed by atoms with Crippen LogP contribution in [0.25, 0.3) is 0 Å². The van der Waals surface area contributed by atoms with E-state index in [-0.39, 0.29) is 5.17 Å². The molecule has 0 aromatic heterocycles. The van der Waals surface area contributed by atoms with Crippen molar-refractivity contribution in [2.75, 3.05) is 0 Å². The topological polar surface area (TPSA) is 38.7 Å². The van der Waals surface area contributed by atoms with Crippen molar-refractivity contribution in [3.8, 4) is 0 Å². The first-order chi connectivity index (χ1) is 6.59. The Kier molecular flexibility index (Phi) is 4.10. The number of halogens is 2. The Labute approximate surface area is 94.8 Å². The monoisotopic (exact) mass is 275 g/mol. The van der Waals surface area contributed by atoms with Crippen LogP contribution in [0.2, 0.25) is 0 Å². The average molecular weight is 277 g/mol. The summed E-state index contributed by atoms with van der Waals surface area (Å²) in [4.78, 5) is 14.8. The molecule has 0 spiro atoms. The first kappa shape index (κ1) is 11.2. The lowest BCUT2D eigenvalue weighted by Crippen LogP contribution is -1.96. The standard InChI is InChI=1S/C9H7BrClNO2/c1-6(13)14-12-9(11)7-2-4-8(10)5-3-7/h2-5H,1H3. The summed E-state index contributed by atoms with van der Waals surface area (Å²) in [5, 5.41) is 3.59. The second-order valence-corrected chi connectivity index (χ2v) is 3.75. The molecule has 1 aromatic rings. The van der Waals surface area contributed by atoms with E-state index in [2.05, 4.69) is 25.9 Å². The van der Waals surface area contributed by atoms with Gasteiger partial charge in [-0.15, -0.1) is 0 Å². The molecule has 5 heteroatoms. The van der Waals surface area contributed by atoms with E-state index >= 15 is 0 Å². The fourth-order valence-corrected chi connectivity index (χ4v) is 1.17. The Morgan fingerprint density at radius 3 is 2.50 bits per heavy atom.